The summed E-state index contributed by atoms with van der Waals surface area (Å²) >= 11 is 6.53. The minimum Gasteiger partial charge on any atom is -0.259 e. The molecule has 0 unspecified atom stereocenters. The first-order chi connectivity index (χ1) is 5.13. The second-order valence-corrected chi connectivity index (χ2v) is 5.15. The number of hydrogen-bond acceptors (Lipinski definition) is 3. The van der Waals surface area contributed by atoms with Crippen LogP contribution in [-0.4, -0.2) is 26.2 Å². The Morgan fingerprint density at radius 1 is 1.91 bits per heavy atom. The van der Waals surface area contributed by atoms with E-state index in [4.69, 9.17) is 12.2 Å². The van der Waals surface area contributed by atoms with E-state index in [0.29, 0.717) is 6.42 Å². The predicted octanol–water partition coefficient (Wildman–Crippen LogP) is 2.00. The Hall–Kier alpha value is 0.330. The molecule has 0 spiro atoms. The maximum Gasteiger partial charge on any atom is 0.0790 e. The van der Waals surface area contributed by atoms with Gasteiger partial charge in [0.2, 0.25) is 0 Å². The number of allylic oxidation sites excluding steroid dienone is 1. The van der Waals surface area contributed by atoms with Crippen LogP contribution in [-0.2, 0) is 10.8 Å². The van der Waals surface area contributed by atoms with Gasteiger partial charge in [-0.05, 0) is 12.7 Å². The van der Waals surface area contributed by atoms with Gasteiger partial charge in [0, 0.05) is 17.1 Å². The van der Waals surface area contributed by atoms with E-state index in [2.05, 4.69) is 6.58 Å². The highest BCUT2D eigenvalue weighted by atomic mass is 32.2. The second kappa shape index (κ2) is 5.91. The van der Waals surface area contributed by atoms with Gasteiger partial charge in [-0.15, -0.1) is 18.3 Å². The Bertz CT molecular complexity index is 177. The minimum absolute atomic E-state index is 0.00231. The first-order valence-electron chi connectivity index (χ1n) is 3.14. The van der Waals surface area contributed by atoms with Crippen molar-refractivity contribution >= 4 is 39.0 Å². The molecule has 0 saturated heterocycles. The third kappa shape index (κ3) is 4.03. The van der Waals surface area contributed by atoms with Crippen LogP contribution in [0.4, 0.5) is 0 Å². The average molecular weight is 208 g/mol. The van der Waals surface area contributed by atoms with E-state index in [9.17, 15) is 4.21 Å². The van der Waals surface area contributed by atoms with Gasteiger partial charge in [0.25, 0.3) is 0 Å². The molecule has 0 heterocycles. The monoisotopic (exact) mass is 208 g/mol. The molecule has 64 valence electrons. The molecular weight excluding hydrogens is 196 g/mol. The smallest absolute Gasteiger partial charge is 0.0790 e. The van der Waals surface area contributed by atoms with Crippen molar-refractivity contribution in [1.82, 2.24) is 0 Å². The molecule has 0 aromatic carbocycles. The van der Waals surface area contributed by atoms with Gasteiger partial charge in [0.15, 0.2) is 0 Å². The van der Waals surface area contributed by atoms with Crippen LogP contribution in [0.2, 0.25) is 0 Å². The summed E-state index contributed by atoms with van der Waals surface area (Å²) in [6, 6.07) is 0. The lowest BCUT2D eigenvalue weighted by Crippen LogP contribution is -2.20. The summed E-state index contributed by atoms with van der Waals surface area (Å²) < 4.78 is 11.9. The van der Waals surface area contributed by atoms with Crippen LogP contribution in [0.15, 0.2) is 12.7 Å². The largest absolute Gasteiger partial charge is 0.259 e. The fraction of sp³-hybridized carbons (Fsp3) is 0.571. The summed E-state index contributed by atoms with van der Waals surface area (Å²) in [7, 11) is -0.866. The normalized spacial score (nSPS) is 15.5. The molecule has 2 atom stereocenters. The van der Waals surface area contributed by atoms with E-state index < -0.39 is 10.8 Å². The van der Waals surface area contributed by atoms with E-state index in [1.807, 2.05) is 6.26 Å². The minimum atomic E-state index is -0.866. The molecule has 0 radical (unpaired) electrons. The molecular formula is C7H12OS3. The van der Waals surface area contributed by atoms with Gasteiger partial charge in [-0.1, -0.05) is 18.3 Å². The highest BCUT2D eigenvalue weighted by molar-refractivity contribution is 8.23. The Morgan fingerprint density at radius 3 is 2.73 bits per heavy atom. The molecule has 0 aliphatic carbocycles. The quantitative estimate of drug-likeness (QED) is 0.519. The van der Waals surface area contributed by atoms with Crippen molar-refractivity contribution in [1.29, 1.82) is 0 Å². The zero-order valence-corrected chi connectivity index (χ0v) is 9.15. The highest BCUT2D eigenvalue weighted by Gasteiger charge is 2.15. The Labute approximate surface area is 80.1 Å². The van der Waals surface area contributed by atoms with Gasteiger partial charge in [-0.3, -0.25) is 4.21 Å². The van der Waals surface area contributed by atoms with Gasteiger partial charge in [-0.25, -0.2) is 0 Å². The molecule has 0 rings (SSSR count). The third-order valence-corrected chi connectivity index (χ3v) is 4.24. The summed E-state index contributed by atoms with van der Waals surface area (Å²) in [5.74, 6) is 0. The molecule has 0 amide bonds. The van der Waals surface area contributed by atoms with Gasteiger partial charge in [0.1, 0.15) is 0 Å². The number of rotatable bonds is 4. The molecule has 0 fully saturated rings. The zero-order chi connectivity index (χ0) is 8.85. The van der Waals surface area contributed by atoms with E-state index in [1.54, 1.807) is 12.3 Å². The topological polar surface area (TPSA) is 17.1 Å². The zero-order valence-electron chi connectivity index (χ0n) is 6.70. The molecule has 1 nitrogen and oxygen atoms in total. The molecule has 0 N–H and O–H groups in total. The predicted molar refractivity (Wildman–Crippen MR) is 58.8 cm³/mol. The van der Waals surface area contributed by atoms with E-state index in [1.165, 1.54) is 11.8 Å². The van der Waals surface area contributed by atoms with Crippen molar-refractivity contribution in [2.75, 3.05) is 12.5 Å². The van der Waals surface area contributed by atoms with Gasteiger partial charge in [-0.2, -0.15) is 0 Å². The summed E-state index contributed by atoms with van der Waals surface area (Å²) in [6.45, 7) is 3.60. The Kier molecular flexibility index (Phi) is 6.09. The Morgan fingerprint density at radius 2 is 2.45 bits per heavy atom. The summed E-state index contributed by atoms with van der Waals surface area (Å²) in [5.41, 5.74) is 0. The van der Waals surface area contributed by atoms with E-state index >= 15 is 0 Å². The average Bonchev–Trinajstić information content (AvgIpc) is 1.98. The van der Waals surface area contributed by atoms with Crippen LogP contribution >= 0.6 is 24.0 Å². The molecule has 0 aliphatic rings. The van der Waals surface area contributed by atoms with Crippen LogP contribution < -0.4 is 0 Å². The van der Waals surface area contributed by atoms with E-state index in [-0.39, 0.29) is 5.25 Å². The second-order valence-electron chi connectivity index (χ2n) is 2.03. The molecule has 11 heavy (non-hydrogen) atoms. The van der Waals surface area contributed by atoms with Crippen LogP contribution in [0.3, 0.4) is 0 Å². The fourth-order valence-corrected chi connectivity index (χ4v) is 2.89. The maximum atomic E-state index is 11.1. The van der Waals surface area contributed by atoms with Crippen molar-refractivity contribution in [3.05, 3.63) is 12.7 Å². The van der Waals surface area contributed by atoms with Crippen molar-refractivity contribution in [3.8, 4) is 0 Å². The standard InChI is InChI=1S/C7H12OS3/c1-4-5-6(11(3)8)7(9)10-2/h4,6H,1,5H2,2-3H3/t6-,11-/m0/s1. The van der Waals surface area contributed by atoms with Gasteiger partial charge < -0.3 is 0 Å². The van der Waals surface area contributed by atoms with Crippen LogP contribution in [0.5, 0.6) is 0 Å². The molecule has 0 saturated carbocycles. The van der Waals surface area contributed by atoms with Crippen LogP contribution in [0.1, 0.15) is 6.42 Å². The van der Waals surface area contributed by atoms with Gasteiger partial charge >= 0.3 is 0 Å². The van der Waals surface area contributed by atoms with Crippen molar-refractivity contribution in [2.24, 2.45) is 0 Å². The van der Waals surface area contributed by atoms with Crippen LogP contribution in [0, 0.1) is 0 Å². The first-order valence-corrected chi connectivity index (χ1v) is 6.39. The number of thioether (sulfide) groups is 1. The van der Waals surface area contributed by atoms with Crippen LogP contribution in [0.25, 0.3) is 0 Å². The lowest BCUT2D eigenvalue weighted by atomic mass is 10.3. The molecule has 0 aromatic rings. The SMILES string of the molecule is C=CC[C@@H](C(=S)SC)[S@](C)=O. The lowest BCUT2D eigenvalue weighted by Gasteiger charge is -2.10. The maximum absolute atomic E-state index is 11.1. The first kappa shape index (κ1) is 11.3. The number of thiocarbonyl (C=S) groups is 1. The molecule has 0 bridgehead atoms. The molecule has 0 aromatic heterocycles. The van der Waals surface area contributed by atoms with E-state index in [0.717, 1.165) is 4.20 Å². The fourth-order valence-electron chi connectivity index (χ4n) is 0.650. The lowest BCUT2D eigenvalue weighted by molar-refractivity contribution is 0.683. The van der Waals surface area contributed by atoms with Crippen molar-refractivity contribution in [3.63, 3.8) is 0 Å². The summed E-state index contributed by atoms with van der Waals surface area (Å²) in [4.78, 5) is 0. The highest BCUT2D eigenvalue weighted by Crippen LogP contribution is 2.12. The molecule has 4 heteroatoms. The van der Waals surface area contributed by atoms with Crippen molar-refractivity contribution in [2.45, 2.75) is 11.7 Å². The van der Waals surface area contributed by atoms with Crippen molar-refractivity contribution < 1.29 is 4.21 Å². The third-order valence-electron chi connectivity index (χ3n) is 1.25. The summed E-state index contributed by atoms with van der Waals surface area (Å²) in [5, 5.41) is -0.00231. The molecule has 0 aliphatic heterocycles. The Balaban J connectivity index is 4.20. The summed E-state index contributed by atoms with van der Waals surface area (Å²) in [6.07, 6.45) is 6.05. The van der Waals surface area contributed by atoms with Gasteiger partial charge in [0.05, 0.1) is 9.45 Å². The number of hydrogen-bond donors (Lipinski definition) is 0.